The van der Waals surface area contributed by atoms with Gasteiger partial charge in [0.05, 0.1) is 0 Å². The molecule has 132 valence electrons. The summed E-state index contributed by atoms with van der Waals surface area (Å²) in [6, 6.07) is 0.0590. The maximum atomic E-state index is 13.0. The van der Waals surface area contributed by atoms with Crippen LogP contribution in [0.1, 0.15) is 73.6 Å². The molecule has 0 aromatic rings. The van der Waals surface area contributed by atoms with Crippen molar-refractivity contribution in [1.29, 1.82) is 0 Å². The van der Waals surface area contributed by atoms with Crippen molar-refractivity contribution >= 4 is 11.8 Å². The third kappa shape index (κ3) is 3.56. The molecule has 2 heterocycles. The molecular formula is C19H34N2O2. The second-order valence-electron chi connectivity index (χ2n) is 8.87. The van der Waals surface area contributed by atoms with Crippen molar-refractivity contribution in [2.75, 3.05) is 6.54 Å². The quantitative estimate of drug-likeness (QED) is 0.866. The van der Waals surface area contributed by atoms with Crippen molar-refractivity contribution in [2.24, 2.45) is 17.3 Å². The fourth-order valence-corrected chi connectivity index (χ4v) is 4.39. The lowest BCUT2D eigenvalue weighted by Gasteiger charge is -2.49. The van der Waals surface area contributed by atoms with Crippen LogP contribution in [-0.2, 0) is 9.59 Å². The molecule has 2 aliphatic heterocycles. The minimum absolute atomic E-state index is 0.00737. The summed E-state index contributed by atoms with van der Waals surface area (Å²) >= 11 is 0. The number of carbonyl (C=O) groups excluding carboxylic acids is 2. The molecule has 1 N–H and O–H groups in total. The number of amides is 2. The SMILES string of the molecule is CCC1(C(C)C)CC(N2CCCC(C(C)(C)C)C2=O)CC(=O)N1. The van der Waals surface area contributed by atoms with E-state index in [1.54, 1.807) is 0 Å². The zero-order valence-electron chi connectivity index (χ0n) is 15.7. The van der Waals surface area contributed by atoms with Crippen LogP contribution in [0, 0.1) is 17.3 Å². The number of hydrogen-bond acceptors (Lipinski definition) is 2. The normalized spacial score (nSPS) is 33.1. The van der Waals surface area contributed by atoms with E-state index in [4.69, 9.17) is 0 Å². The number of likely N-dealkylation sites (tertiary alicyclic amines) is 1. The minimum Gasteiger partial charge on any atom is -0.350 e. The molecule has 0 saturated carbocycles. The van der Waals surface area contributed by atoms with Gasteiger partial charge in [0, 0.05) is 30.5 Å². The molecule has 0 bridgehead atoms. The molecule has 0 aromatic carbocycles. The molecular weight excluding hydrogens is 288 g/mol. The first-order chi connectivity index (χ1) is 10.6. The van der Waals surface area contributed by atoms with Crippen molar-refractivity contribution in [3.05, 3.63) is 0 Å². The molecule has 0 aromatic heterocycles. The summed E-state index contributed by atoms with van der Waals surface area (Å²) in [6.07, 6.45) is 4.28. The Labute approximate surface area is 141 Å². The summed E-state index contributed by atoms with van der Waals surface area (Å²) in [6.45, 7) is 13.7. The van der Waals surface area contributed by atoms with Crippen LogP contribution in [0.15, 0.2) is 0 Å². The van der Waals surface area contributed by atoms with Crippen LogP contribution >= 0.6 is 0 Å². The standard InChI is InChI=1S/C19H34N2O2/c1-7-19(13(2)3)12-14(11-16(22)20-19)21-10-8-9-15(17(21)23)18(4,5)6/h13-15H,7-12H2,1-6H3,(H,20,22). The van der Waals surface area contributed by atoms with Crippen LogP contribution in [0.4, 0.5) is 0 Å². The zero-order valence-corrected chi connectivity index (χ0v) is 15.7. The summed E-state index contributed by atoms with van der Waals surface area (Å²) in [5.41, 5.74) is -0.179. The Balaban J connectivity index is 2.23. The molecule has 2 amide bonds. The predicted octanol–water partition coefficient (Wildman–Crippen LogP) is 3.35. The summed E-state index contributed by atoms with van der Waals surface area (Å²) < 4.78 is 0. The van der Waals surface area contributed by atoms with Gasteiger partial charge in [-0.3, -0.25) is 9.59 Å². The summed E-state index contributed by atoms with van der Waals surface area (Å²) in [7, 11) is 0. The maximum Gasteiger partial charge on any atom is 0.226 e. The molecule has 2 aliphatic rings. The highest BCUT2D eigenvalue weighted by Gasteiger charge is 2.46. The molecule has 3 unspecified atom stereocenters. The van der Waals surface area contributed by atoms with Gasteiger partial charge in [0.15, 0.2) is 0 Å². The number of piperidine rings is 2. The Morgan fingerprint density at radius 3 is 2.48 bits per heavy atom. The lowest BCUT2D eigenvalue weighted by atomic mass is 9.72. The second-order valence-corrected chi connectivity index (χ2v) is 8.87. The zero-order chi connectivity index (χ0) is 17.4. The first-order valence-corrected chi connectivity index (χ1v) is 9.22. The van der Waals surface area contributed by atoms with Gasteiger partial charge in [-0.15, -0.1) is 0 Å². The summed E-state index contributed by atoms with van der Waals surface area (Å²) in [5.74, 6) is 0.813. The van der Waals surface area contributed by atoms with E-state index < -0.39 is 0 Å². The molecule has 4 nitrogen and oxygen atoms in total. The number of carbonyl (C=O) groups is 2. The topological polar surface area (TPSA) is 49.4 Å². The van der Waals surface area contributed by atoms with Crippen molar-refractivity contribution in [1.82, 2.24) is 10.2 Å². The van der Waals surface area contributed by atoms with E-state index in [-0.39, 0.29) is 34.7 Å². The fourth-order valence-electron chi connectivity index (χ4n) is 4.39. The van der Waals surface area contributed by atoms with E-state index >= 15 is 0 Å². The van der Waals surface area contributed by atoms with Crippen LogP contribution in [0.5, 0.6) is 0 Å². The van der Waals surface area contributed by atoms with Gasteiger partial charge in [-0.05, 0) is 37.0 Å². The van der Waals surface area contributed by atoms with Crippen LogP contribution in [-0.4, -0.2) is 34.8 Å². The van der Waals surface area contributed by atoms with E-state index in [2.05, 4.69) is 46.9 Å². The number of rotatable bonds is 3. The van der Waals surface area contributed by atoms with Crippen LogP contribution in [0.25, 0.3) is 0 Å². The van der Waals surface area contributed by atoms with Crippen molar-refractivity contribution in [3.63, 3.8) is 0 Å². The first-order valence-electron chi connectivity index (χ1n) is 9.22. The molecule has 0 radical (unpaired) electrons. The minimum atomic E-state index is -0.172. The molecule has 4 heteroatoms. The summed E-state index contributed by atoms with van der Waals surface area (Å²) in [5, 5.41) is 3.23. The van der Waals surface area contributed by atoms with Crippen LogP contribution < -0.4 is 5.32 Å². The molecule has 0 spiro atoms. The van der Waals surface area contributed by atoms with Crippen LogP contribution in [0.3, 0.4) is 0 Å². The highest BCUT2D eigenvalue weighted by atomic mass is 16.2. The highest BCUT2D eigenvalue weighted by Crippen LogP contribution is 2.38. The van der Waals surface area contributed by atoms with E-state index in [9.17, 15) is 9.59 Å². The average Bonchev–Trinajstić information content (AvgIpc) is 2.45. The Bertz CT molecular complexity index is 466. The molecule has 0 aliphatic carbocycles. The van der Waals surface area contributed by atoms with Gasteiger partial charge in [-0.25, -0.2) is 0 Å². The molecule has 2 rings (SSSR count). The summed E-state index contributed by atoms with van der Waals surface area (Å²) in [4.78, 5) is 27.4. The fraction of sp³-hybridized carbons (Fsp3) is 0.895. The second kappa shape index (κ2) is 6.45. The molecule has 2 fully saturated rings. The molecule has 3 atom stereocenters. The Hall–Kier alpha value is -1.06. The van der Waals surface area contributed by atoms with Gasteiger partial charge in [0.1, 0.15) is 0 Å². The van der Waals surface area contributed by atoms with Crippen molar-refractivity contribution in [2.45, 2.75) is 85.2 Å². The van der Waals surface area contributed by atoms with E-state index in [0.29, 0.717) is 12.3 Å². The van der Waals surface area contributed by atoms with E-state index in [0.717, 1.165) is 32.2 Å². The molecule has 23 heavy (non-hydrogen) atoms. The van der Waals surface area contributed by atoms with Gasteiger partial charge in [0.25, 0.3) is 0 Å². The Morgan fingerprint density at radius 2 is 1.96 bits per heavy atom. The number of hydrogen-bond donors (Lipinski definition) is 1. The number of nitrogens with zero attached hydrogens (tertiary/aromatic N) is 1. The lowest BCUT2D eigenvalue weighted by Crippen LogP contribution is -2.63. The van der Waals surface area contributed by atoms with Gasteiger partial charge in [0.2, 0.25) is 11.8 Å². The molecule has 2 saturated heterocycles. The van der Waals surface area contributed by atoms with Crippen LogP contribution in [0.2, 0.25) is 0 Å². The highest BCUT2D eigenvalue weighted by molar-refractivity contribution is 5.83. The van der Waals surface area contributed by atoms with Gasteiger partial charge >= 0.3 is 0 Å². The largest absolute Gasteiger partial charge is 0.350 e. The van der Waals surface area contributed by atoms with E-state index in [1.165, 1.54) is 0 Å². The van der Waals surface area contributed by atoms with Gasteiger partial charge < -0.3 is 10.2 Å². The van der Waals surface area contributed by atoms with Gasteiger partial charge in [-0.1, -0.05) is 41.5 Å². The number of nitrogens with one attached hydrogen (secondary N) is 1. The average molecular weight is 322 g/mol. The first kappa shape index (κ1) is 18.3. The van der Waals surface area contributed by atoms with E-state index in [1.807, 2.05) is 4.90 Å². The van der Waals surface area contributed by atoms with Crippen molar-refractivity contribution in [3.8, 4) is 0 Å². The maximum absolute atomic E-state index is 13.0. The smallest absolute Gasteiger partial charge is 0.226 e. The third-order valence-corrected chi connectivity index (χ3v) is 6.10. The lowest BCUT2D eigenvalue weighted by molar-refractivity contribution is -0.148. The Morgan fingerprint density at radius 1 is 1.30 bits per heavy atom. The van der Waals surface area contributed by atoms with Crippen molar-refractivity contribution < 1.29 is 9.59 Å². The monoisotopic (exact) mass is 322 g/mol. The third-order valence-electron chi connectivity index (χ3n) is 6.10. The van der Waals surface area contributed by atoms with Gasteiger partial charge in [-0.2, -0.15) is 0 Å². The predicted molar refractivity (Wildman–Crippen MR) is 92.9 cm³/mol. The Kier molecular flexibility index (Phi) is 5.12.